The fourth-order valence-electron chi connectivity index (χ4n) is 3.65. The summed E-state index contributed by atoms with van der Waals surface area (Å²) in [5.41, 5.74) is 3.36. The first-order valence-electron chi connectivity index (χ1n) is 9.10. The van der Waals surface area contributed by atoms with E-state index in [0.29, 0.717) is 12.4 Å². The van der Waals surface area contributed by atoms with Crippen molar-refractivity contribution < 1.29 is 0 Å². The standard InChI is InChI=1S/C19H18N8S/c1-26-12-14(10-21-26)23-18-24-15-3-8-28-17(15)16(25-18)13-9-22-27(11-13)19(6-7-20)4-2-5-19/h3,8-12H,2,4-6H2,1H3,(H,23,24,25). The molecule has 4 aromatic heterocycles. The van der Waals surface area contributed by atoms with Crippen molar-refractivity contribution in [1.82, 2.24) is 29.5 Å². The summed E-state index contributed by atoms with van der Waals surface area (Å²) in [5.74, 6) is 0.525. The fraction of sp³-hybridized carbons (Fsp3) is 0.316. The smallest absolute Gasteiger partial charge is 0.228 e. The minimum Gasteiger partial charge on any atom is -0.321 e. The molecule has 1 aliphatic rings. The Morgan fingerprint density at radius 2 is 2.14 bits per heavy atom. The lowest BCUT2D eigenvalue weighted by molar-refractivity contribution is 0.130. The van der Waals surface area contributed by atoms with E-state index < -0.39 is 0 Å². The van der Waals surface area contributed by atoms with Crippen molar-refractivity contribution in [2.45, 2.75) is 31.2 Å². The van der Waals surface area contributed by atoms with Crippen LogP contribution in [0.3, 0.4) is 0 Å². The predicted molar refractivity (Wildman–Crippen MR) is 107 cm³/mol. The minimum absolute atomic E-state index is 0.161. The van der Waals surface area contributed by atoms with Crippen LogP contribution in [-0.2, 0) is 12.6 Å². The summed E-state index contributed by atoms with van der Waals surface area (Å²) in [6.45, 7) is 0. The molecule has 1 N–H and O–H groups in total. The number of aryl methyl sites for hydroxylation is 1. The molecule has 4 aromatic rings. The number of thiophene rings is 1. The van der Waals surface area contributed by atoms with Crippen molar-refractivity contribution >= 4 is 33.2 Å². The van der Waals surface area contributed by atoms with E-state index in [1.807, 2.05) is 41.8 Å². The number of aromatic nitrogens is 6. The summed E-state index contributed by atoms with van der Waals surface area (Å²) in [7, 11) is 1.87. The van der Waals surface area contributed by atoms with Crippen molar-refractivity contribution in [2.24, 2.45) is 7.05 Å². The third kappa shape index (κ3) is 2.73. The number of fused-ring (bicyclic) bond motifs is 1. The average molecular weight is 390 g/mol. The quantitative estimate of drug-likeness (QED) is 0.556. The predicted octanol–water partition coefficient (Wildman–Crippen LogP) is 3.82. The Morgan fingerprint density at radius 1 is 1.25 bits per heavy atom. The molecule has 140 valence electrons. The first-order chi connectivity index (χ1) is 13.7. The molecule has 9 heteroatoms. The second-order valence-corrected chi connectivity index (χ2v) is 8.06. The van der Waals surface area contributed by atoms with Gasteiger partial charge in [0.2, 0.25) is 5.95 Å². The van der Waals surface area contributed by atoms with E-state index in [0.717, 1.165) is 46.4 Å². The molecule has 0 unspecified atom stereocenters. The molecule has 4 heterocycles. The summed E-state index contributed by atoms with van der Waals surface area (Å²) in [6.07, 6.45) is 11.1. The van der Waals surface area contributed by atoms with Gasteiger partial charge in [0, 0.05) is 25.0 Å². The van der Waals surface area contributed by atoms with E-state index in [9.17, 15) is 5.26 Å². The summed E-state index contributed by atoms with van der Waals surface area (Å²) >= 11 is 1.62. The van der Waals surface area contributed by atoms with Gasteiger partial charge in [-0.2, -0.15) is 15.5 Å². The summed E-state index contributed by atoms with van der Waals surface area (Å²) < 4.78 is 4.72. The molecule has 28 heavy (non-hydrogen) atoms. The van der Waals surface area contributed by atoms with Gasteiger partial charge in [0.1, 0.15) is 0 Å². The Balaban J connectivity index is 1.55. The van der Waals surface area contributed by atoms with E-state index in [4.69, 9.17) is 4.98 Å². The van der Waals surface area contributed by atoms with Gasteiger partial charge in [-0.05, 0) is 30.7 Å². The Bertz CT molecular complexity index is 1190. The molecular weight excluding hydrogens is 372 g/mol. The molecule has 8 nitrogen and oxygen atoms in total. The monoisotopic (exact) mass is 390 g/mol. The average Bonchev–Trinajstić information content (AvgIpc) is 3.38. The van der Waals surface area contributed by atoms with Crippen molar-refractivity contribution in [3.63, 3.8) is 0 Å². The molecule has 0 saturated heterocycles. The van der Waals surface area contributed by atoms with Gasteiger partial charge < -0.3 is 5.32 Å². The lowest BCUT2D eigenvalue weighted by atomic mass is 9.75. The van der Waals surface area contributed by atoms with Gasteiger partial charge in [0.05, 0.1) is 52.0 Å². The van der Waals surface area contributed by atoms with Gasteiger partial charge in [0.25, 0.3) is 0 Å². The molecule has 1 fully saturated rings. The van der Waals surface area contributed by atoms with Crippen molar-refractivity contribution in [2.75, 3.05) is 5.32 Å². The first-order valence-corrected chi connectivity index (χ1v) is 9.98. The third-order valence-corrected chi connectivity index (χ3v) is 6.21. The number of nitriles is 1. The molecule has 5 rings (SSSR count). The third-order valence-electron chi connectivity index (χ3n) is 5.30. The lowest BCUT2D eigenvalue weighted by Crippen LogP contribution is -2.40. The topological polar surface area (TPSA) is 97.2 Å². The van der Waals surface area contributed by atoms with E-state index in [1.165, 1.54) is 0 Å². The SMILES string of the molecule is Cn1cc(Nc2nc(-c3cnn(C4(CC#N)CCC4)c3)c3sccc3n2)cn1. The molecule has 0 amide bonds. The highest BCUT2D eigenvalue weighted by Gasteiger charge is 2.39. The zero-order valence-corrected chi connectivity index (χ0v) is 16.1. The van der Waals surface area contributed by atoms with Gasteiger partial charge in [-0.15, -0.1) is 11.3 Å². The van der Waals surface area contributed by atoms with Crippen LogP contribution in [0.25, 0.3) is 21.5 Å². The Hall–Kier alpha value is -3.25. The van der Waals surface area contributed by atoms with Crippen LogP contribution in [0, 0.1) is 11.3 Å². The first kappa shape index (κ1) is 16.9. The van der Waals surface area contributed by atoms with E-state index in [2.05, 4.69) is 26.6 Å². The molecule has 1 aliphatic carbocycles. The van der Waals surface area contributed by atoms with Crippen molar-refractivity contribution in [3.8, 4) is 17.3 Å². The Kier molecular flexibility index (Phi) is 3.87. The lowest BCUT2D eigenvalue weighted by Gasteiger charge is -2.40. The number of anilines is 2. The molecule has 0 bridgehead atoms. The number of hydrogen-bond donors (Lipinski definition) is 1. The van der Waals surface area contributed by atoms with Crippen LogP contribution >= 0.6 is 11.3 Å². The van der Waals surface area contributed by atoms with Gasteiger partial charge in [-0.3, -0.25) is 9.36 Å². The van der Waals surface area contributed by atoms with Crippen LogP contribution in [-0.4, -0.2) is 29.5 Å². The maximum absolute atomic E-state index is 9.22. The fourth-order valence-corrected chi connectivity index (χ4v) is 4.50. The molecule has 0 spiro atoms. The Morgan fingerprint density at radius 3 is 2.86 bits per heavy atom. The van der Waals surface area contributed by atoms with Crippen LogP contribution in [0.2, 0.25) is 0 Å². The minimum atomic E-state index is -0.161. The second-order valence-electron chi connectivity index (χ2n) is 7.14. The largest absolute Gasteiger partial charge is 0.321 e. The number of nitrogens with one attached hydrogen (secondary N) is 1. The van der Waals surface area contributed by atoms with Crippen LogP contribution in [0.1, 0.15) is 25.7 Å². The number of hydrogen-bond acceptors (Lipinski definition) is 7. The summed E-state index contributed by atoms with van der Waals surface area (Å²) in [4.78, 5) is 9.39. The molecule has 0 aliphatic heterocycles. The van der Waals surface area contributed by atoms with E-state index >= 15 is 0 Å². The molecule has 1 saturated carbocycles. The van der Waals surface area contributed by atoms with Crippen molar-refractivity contribution in [1.29, 1.82) is 5.26 Å². The maximum Gasteiger partial charge on any atom is 0.228 e. The van der Waals surface area contributed by atoms with Gasteiger partial charge in [-0.25, -0.2) is 9.97 Å². The highest BCUT2D eigenvalue weighted by molar-refractivity contribution is 7.17. The van der Waals surface area contributed by atoms with E-state index in [1.54, 1.807) is 22.2 Å². The zero-order chi connectivity index (χ0) is 19.1. The summed E-state index contributed by atoms with van der Waals surface area (Å²) in [6, 6.07) is 4.31. The van der Waals surface area contributed by atoms with Gasteiger partial charge in [-0.1, -0.05) is 0 Å². The maximum atomic E-state index is 9.22. The highest BCUT2D eigenvalue weighted by atomic mass is 32.1. The van der Waals surface area contributed by atoms with Gasteiger partial charge in [0.15, 0.2) is 0 Å². The number of nitrogens with zero attached hydrogens (tertiary/aromatic N) is 7. The van der Waals surface area contributed by atoms with Crippen LogP contribution < -0.4 is 5.32 Å². The van der Waals surface area contributed by atoms with Crippen molar-refractivity contribution in [3.05, 3.63) is 36.2 Å². The second kappa shape index (κ2) is 6.42. The molecular formula is C19H18N8S. The van der Waals surface area contributed by atoms with Crippen LogP contribution in [0.5, 0.6) is 0 Å². The normalized spacial score (nSPS) is 15.3. The van der Waals surface area contributed by atoms with Crippen LogP contribution in [0.4, 0.5) is 11.6 Å². The van der Waals surface area contributed by atoms with Crippen LogP contribution in [0.15, 0.2) is 36.2 Å². The highest BCUT2D eigenvalue weighted by Crippen LogP contribution is 2.42. The molecule has 0 aromatic carbocycles. The molecule has 0 atom stereocenters. The van der Waals surface area contributed by atoms with Gasteiger partial charge >= 0.3 is 0 Å². The molecule has 0 radical (unpaired) electrons. The van der Waals surface area contributed by atoms with E-state index in [-0.39, 0.29) is 5.54 Å². The number of rotatable bonds is 5. The summed E-state index contributed by atoms with van der Waals surface area (Å²) in [5, 5.41) is 23.2. The zero-order valence-electron chi connectivity index (χ0n) is 15.3. The Labute approximate surface area is 165 Å².